The van der Waals surface area contributed by atoms with Crippen LogP contribution < -0.4 is 10.6 Å². The third-order valence-electron chi connectivity index (χ3n) is 4.26. The molecule has 0 spiro atoms. The van der Waals surface area contributed by atoms with Crippen molar-refractivity contribution in [2.75, 3.05) is 18.0 Å². The standard InChI is InChI=1S/C16H17N5.C2HF3O2/c17-10-12-2-4-13(5-3-12)16-14-6-7-18-21(14)11-15(19-16)20-8-1-9-20;3-2(4,5)1(6)7/h2-7,11H,1,8-10,17H2;(H,6,7). The molecule has 28 heavy (non-hydrogen) atoms. The zero-order chi connectivity index (χ0) is 20.3. The van der Waals surface area contributed by atoms with Crippen LogP contribution in [0.3, 0.4) is 0 Å². The van der Waals surface area contributed by atoms with Gasteiger partial charge >= 0.3 is 12.1 Å². The summed E-state index contributed by atoms with van der Waals surface area (Å²) >= 11 is 0. The summed E-state index contributed by atoms with van der Waals surface area (Å²) in [4.78, 5) is 16.0. The number of aromatic nitrogens is 3. The molecule has 1 saturated heterocycles. The molecular formula is C18H18F3N5O2. The number of hydrogen-bond donors (Lipinski definition) is 2. The van der Waals surface area contributed by atoms with Crippen molar-refractivity contribution in [2.24, 2.45) is 5.73 Å². The van der Waals surface area contributed by atoms with Gasteiger partial charge in [-0.2, -0.15) is 18.3 Å². The van der Waals surface area contributed by atoms with Crippen LogP contribution in [0, 0.1) is 0 Å². The van der Waals surface area contributed by atoms with Gasteiger partial charge in [-0.1, -0.05) is 24.3 Å². The second-order valence-corrected chi connectivity index (χ2v) is 6.15. The topological polar surface area (TPSA) is 96.8 Å². The SMILES string of the molecule is NCc1ccc(-c2nc(N3CCC3)cn3nccc23)cc1.O=C(O)C(F)(F)F. The Hall–Kier alpha value is -3.14. The fourth-order valence-electron chi connectivity index (χ4n) is 2.62. The molecule has 4 rings (SSSR count). The zero-order valence-corrected chi connectivity index (χ0v) is 14.7. The van der Waals surface area contributed by atoms with Gasteiger partial charge in [-0.25, -0.2) is 14.3 Å². The van der Waals surface area contributed by atoms with Crippen molar-refractivity contribution in [3.63, 3.8) is 0 Å². The van der Waals surface area contributed by atoms with Crippen LogP contribution in [0.15, 0.2) is 42.7 Å². The van der Waals surface area contributed by atoms with Crippen molar-refractivity contribution >= 4 is 17.3 Å². The molecule has 2 aromatic heterocycles. The van der Waals surface area contributed by atoms with Gasteiger partial charge in [0.1, 0.15) is 5.82 Å². The van der Waals surface area contributed by atoms with Gasteiger partial charge in [0, 0.05) is 25.2 Å². The van der Waals surface area contributed by atoms with Gasteiger partial charge in [0.15, 0.2) is 0 Å². The zero-order valence-electron chi connectivity index (χ0n) is 14.7. The molecule has 0 atom stereocenters. The van der Waals surface area contributed by atoms with Crippen LogP contribution in [0.4, 0.5) is 19.0 Å². The maximum Gasteiger partial charge on any atom is 0.490 e. The number of halogens is 3. The molecular weight excluding hydrogens is 375 g/mol. The summed E-state index contributed by atoms with van der Waals surface area (Å²) in [5.41, 5.74) is 9.89. The number of nitrogens with zero attached hydrogens (tertiary/aromatic N) is 4. The average molecular weight is 393 g/mol. The van der Waals surface area contributed by atoms with Crippen LogP contribution in [0.5, 0.6) is 0 Å². The minimum atomic E-state index is -5.08. The largest absolute Gasteiger partial charge is 0.490 e. The van der Waals surface area contributed by atoms with E-state index in [2.05, 4.69) is 34.3 Å². The molecule has 148 valence electrons. The van der Waals surface area contributed by atoms with Gasteiger partial charge < -0.3 is 15.7 Å². The smallest absolute Gasteiger partial charge is 0.475 e. The number of carbonyl (C=O) groups is 1. The van der Waals surface area contributed by atoms with Crippen LogP contribution in [0.2, 0.25) is 0 Å². The summed E-state index contributed by atoms with van der Waals surface area (Å²) in [6.07, 6.45) is -0.0275. The van der Waals surface area contributed by atoms with Crippen LogP contribution in [-0.2, 0) is 11.3 Å². The van der Waals surface area contributed by atoms with Crippen molar-refractivity contribution in [2.45, 2.75) is 19.1 Å². The van der Waals surface area contributed by atoms with Crippen LogP contribution in [-0.4, -0.2) is 44.9 Å². The van der Waals surface area contributed by atoms with Gasteiger partial charge in [-0.3, -0.25) is 0 Å². The van der Waals surface area contributed by atoms with Gasteiger partial charge in [-0.15, -0.1) is 0 Å². The first-order valence-electron chi connectivity index (χ1n) is 8.48. The van der Waals surface area contributed by atoms with Crippen molar-refractivity contribution in [1.29, 1.82) is 0 Å². The van der Waals surface area contributed by atoms with E-state index < -0.39 is 12.1 Å². The molecule has 3 heterocycles. The van der Waals surface area contributed by atoms with Crippen LogP contribution in [0.1, 0.15) is 12.0 Å². The van der Waals surface area contributed by atoms with E-state index >= 15 is 0 Å². The maximum absolute atomic E-state index is 10.6. The predicted molar refractivity (Wildman–Crippen MR) is 96.8 cm³/mol. The quantitative estimate of drug-likeness (QED) is 0.710. The fraction of sp³-hybridized carbons (Fsp3) is 0.278. The van der Waals surface area contributed by atoms with Crippen molar-refractivity contribution < 1.29 is 23.1 Å². The Kier molecular flexibility index (Phi) is 5.50. The number of anilines is 1. The Morgan fingerprint density at radius 1 is 1.18 bits per heavy atom. The maximum atomic E-state index is 10.6. The van der Waals surface area contributed by atoms with Crippen molar-refractivity contribution in [1.82, 2.24) is 14.6 Å². The highest BCUT2D eigenvalue weighted by Gasteiger charge is 2.38. The molecule has 0 unspecified atom stereocenters. The summed E-state index contributed by atoms with van der Waals surface area (Å²) in [7, 11) is 0. The summed E-state index contributed by atoms with van der Waals surface area (Å²) in [5.74, 6) is -1.76. The number of hydrogen-bond acceptors (Lipinski definition) is 5. The molecule has 1 aliphatic rings. The number of aliphatic carboxylic acids is 1. The summed E-state index contributed by atoms with van der Waals surface area (Å²) in [6, 6.07) is 10.3. The number of rotatable bonds is 3. The minimum Gasteiger partial charge on any atom is -0.475 e. The van der Waals surface area contributed by atoms with E-state index in [0.717, 1.165) is 41.2 Å². The van der Waals surface area contributed by atoms with Crippen molar-refractivity contribution in [3.05, 3.63) is 48.3 Å². The van der Waals surface area contributed by atoms with Gasteiger partial charge in [0.2, 0.25) is 0 Å². The molecule has 1 fully saturated rings. The Labute approximate surface area is 158 Å². The predicted octanol–water partition coefficient (Wildman–Crippen LogP) is 2.70. The fourth-order valence-corrected chi connectivity index (χ4v) is 2.62. The van der Waals surface area contributed by atoms with E-state index in [1.807, 2.05) is 23.0 Å². The third kappa shape index (κ3) is 4.22. The molecule has 0 bridgehead atoms. The lowest BCUT2D eigenvalue weighted by atomic mass is 10.1. The lowest BCUT2D eigenvalue weighted by molar-refractivity contribution is -0.192. The average Bonchev–Trinajstić information content (AvgIpc) is 3.08. The first kappa shape index (κ1) is 19.6. The molecule has 1 aliphatic heterocycles. The van der Waals surface area contributed by atoms with Gasteiger partial charge in [0.25, 0.3) is 0 Å². The minimum absolute atomic E-state index is 0.559. The third-order valence-corrected chi connectivity index (χ3v) is 4.26. The monoisotopic (exact) mass is 393 g/mol. The Bertz CT molecular complexity index is 966. The van der Waals surface area contributed by atoms with E-state index in [1.54, 1.807) is 0 Å². The molecule has 0 amide bonds. The summed E-state index contributed by atoms with van der Waals surface area (Å²) < 4.78 is 33.6. The highest BCUT2D eigenvalue weighted by atomic mass is 19.4. The van der Waals surface area contributed by atoms with Gasteiger partial charge in [-0.05, 0) is 18.1 Å². The summed E-state index contributed by atoms with van der Waals surface area (Å²) in [5, 5.41) is 11.5. The highest BCUT2D eigenvalue weighted by Crippen LogP contribution is 2.27. The number of nitrogens with two attached hydrogens (primary N) is 1. The number of fused-ring (bicyclic) bond motifs is 1. The van der Waals surface area contributed by atoms with E-state index in [1.165, 1.54) is 6.42 Å². The van der Waals surface area contributed by atoms with E-state index in [-0.39, 0.29) is 0 Å². The normalized spacial score (nSPS) is 13.6. The Morgan fingerprint density at radius 2 is 1.82 bits per heavy atom. The molecule has 3 aromatic rings. The van der Waals surface area contributed by atoms with E-state index in [0.29, 0.717) is 6.54 Å². The Morgan fingerprint density at radius 3 is 2.32 bits per heavy atom. The molecule has 0 aliphatic carbocycles. The Balaban J connectivity index is 0.000000279. The molecule has 1 aromatic carbocycles. The molecule has 10 heteroatoms. The van der Waals surface area contributed by atoms with Crippen LogP contribution in [0.25, 0.3) is 16.8 Å². The highest BCUT2D eigenvalue weighted by molar-refractivity contribution is 5.78. The summed E-state index contributed by atoms with van der Waals surface area (Å²) in [6.45, 7) is 2.71. The van der Waals surface area contributed by atoms with Crippen molar-refractivity contribution in [3.8, 4) is 11.3 Å². The first-order valence-corrected chi connectivity index (χ1v) is 8.48. The second kappa shape index (κ2) is 7.85. The molecule has 7 nitrogen and oxygen atoms in total. The number of alkyl halides is 3. The van der Waals surface area contributed by atoms with Gasteiger partial charge in [0.05, 0.1) is 23.6 Å². The first-order chi connectivity index (χ1) is 13.3. The van der Waals surface area contributed by atoms with Crippen LogP contribution >= 0.6 is 0 Å². The molecule has 0 radical (unpaired) electrons. The lowest BCUT2D eigenvalue weighted by Gasteiger charge is -2.32. The lowest BCUT2D eigenvalue weighted by Crippen LogP contribution is -2.37. The number of carboxylic acids is 1. The van der Waals surface area contributed by atoms with E-state index in [4.69, 9.17) is 20.6 Å². The second-order valence-electron chi connectivity index (χ2n) is 6.15. The van der Waals surface area contributed by atoms with E-state index in [9.17, 15) is 13.2 Å². The molecule has 3 N–H and O–H groups in total. The number of benzene rings is 1. The number of carboxylic acid groups (broad SMARTS) is 1. The molecule has 0 saturated carbocycles.